The highest BCUT2D eigenvalue weighted by Gasteiger charge is 2.17. The van der Waals surface area contributed by atoms with Gasteiger partial charge < -0.3 is 15.2 Å². The zero-order chi connectivity index (χ0) is 13.8. The molecule has 1 aromatic rings. The lowest BCUT2D eigenvalue weighted by Crippen LogP contribution is -2.38. The maximum Gasteiger partial charge on any atom is 0.242 e. The summed E-state index contributed by atoms with van der Waals surface area (Å²) < 4.78 is 26.6. The van der Waals surface area contributed by atoms with E-state index in [9.17, 15) is 8.42 Å². The van der Waals surface area contributed by atoms with Gasteiger partial charge in [-0.05, 0) is 34.1 Å². The van der Waals surface area contributed by atoms with Crippen molar-refractivity contribution in [2.24, 2.45) is 0 Å². The van der Waals surface area contributed by atoms with Gasteiger partial charge in [0.25, 0.3) is 0 Å². The summed E-state index contributed by atoms with van der Waals surface area (Å²) in [5.74, 6) is 0. The first-order valence-electron chi connectivity index (χ1n) is 5.85. The molecule has 0 aromatic carbocycles. The highest BCUT2D eigenvalue weighted by atomic mass is 32.2. The molecule has 1 rings (SSSR count). The first-order chi connectivity index (χ1) is 8.36. The molecule has 0 saturated carbocycles. The Morgan fingerprint density at radius 1 is 1.44 bits per heavy atom. The number of nitrogens with one attached hydrogen (secondary N) is 3. The molecule has 1 heterocycles. The largest absolute Gasteiger partial charge is 0.363 e. The van der Waals surface area contributed by atoms with E-state index in [-0.39, 0.29) is 10.9 Å². The van der Waals surface area contributed by atoms with Crippen LogP contribution in [0, 0.1) is 0 Å². The van der Waals surface area contributed by atoms with Gasteiger partial charge in [0, 0.05) is 31.0 Å². The Labute approximate surface area is 109 Å². The number of aromatic nitrogens is 1. The molecule has 0 fully saturated rings. The Bertz CT molecular complexity index is 467. The predicted octanol–water partition coefficient (Wildman–Crippen LogP) is -0.0375. The molecule has 18 heavy (non-hydrogen) atoms. The standard InChI is InChI=1S/C11H22N4O2S/c1-9(15(3)4)6-14-18(16,17)11-5-10(7-12-2)13-8-11/h5,8-9,12-14H,6-7H2,1-4H3. The number of nitrogens with zero attached hydrogens (tertiary/aromatic N) is 1. The summed E-state index contributed by atoms with van der Waals surface area (Å²) in [6, 6.07) is 1.79. The summed E-state index contributed by atoms with van der Waals surface area (Å²) >= 11 is 0. The fourth-order valence-electron chi connectivity index (χ4n) is 1.36. The number of hydrogen-bond acceptors (Lipinski definition) is 4. The van der Waals surface area contributed by atoms with E-state index in [2.05, 4.69) is 15.0 Å². The Kier molecular flexibility index (Phi) is 5.33. The monoisotopic (exact) mass is 274 g/mol. The third-order valence-electron chi connectivity index (χ3n) is 2.84. The van der Waals surface area contributed by atoms with Gasteiger partial charge in [0.05, 0.1) is 4.90 Å². The molecule has 0 bridgehead atoms. The molecule has 0 saturated heterocycles. The van der Waals surface area contributed by atoms with Gasteiger partial charge in [-0.3, -0.25) is 0 Å². The van der Waals surface area contributed by atoms with Gasteiger partial charge in [-0.2, -0.15) is 0 Å². The Hall–Kier alpha value is -0.890. The maximum absolute atomic E-state index is 12.0. The van der Waals surface area contributed by atoms with E-state index in [0.717, 1.165) is 5.69 Å². The Morgan fingerprint density at radius 3 is 2.67 bits per heavy atom. The lowest BCUT2D eigenvalue weighted by Gasteiger charge is -2.19. The van der Waals surface area contributed by atoms with E-state index >= 15 is 0 Å². The van der Waals surface area contributed by atoms with Gasteiger partial charge in [0.15, 0.2) is 0 Å². The Balaban J connectivity index is 2.68. The van der Waals surface area contributed by atoms with Gasteiger partial charge >= 0.3 is 0 Å². The summed E-state index contributed by atoms with van der Waals surface area (Å²) in [7, 11) is 2.22. The molecule has 0 aliphatic carbocycles. The van der Waals surface area contributed by atoms with E-state index in [4.69, 9.17) is 0 Å². The molecule has 0 spiro atoms. The third-order valence-corrected chi connectivity index (χ3v) is 4.25. The van der Waals surface area contributed by atoms with Crippen LogP contribution in [-0.4, -0.2) is 52.0 Å². The molecule has 1 atom stereocenters. The van der Waals surface area contributed by atoms with E-state index in [1.54, 1.807) is 6.07 Å². The van der Waals surface area contributed by atoms with Crippen molar-refractivity contribution in [3.05, 3.63) is 18.0 Å². The molecule has 1 aromatic heterocycles. The van der Waals surface area contributed by atoms with Crippen molar-refractivity contribution in [1.29, 1.82) is 0 Å². The van der Waals surface area contributed by atoms with Crippen LogP contribution in [0.3, 0.4) is 0 Å². The maximum atomic E-state index is 12.0. The van der Waals surface area contributed by atoms with E-state index in [1.165, 1.54) is 6.20 Å². The normalized spacial score (nSPS) is 14.1. The number of rotatable bonds is 7. The molecule has 0 aliphatic rings. The summed E-state index contributed by atoms with van der Waals surface area (Å²) in [6.45, 7) is 2.97. The molecule has 6 nitrogen and oxygen atoms in total. The molecule has 0 radical (unpaired) electrons. The van der Waals surface area contributed by atoms with Crippen LogP contribution in [0.15, 0.2) is 17.2 Å². The van der Waals surface area contributed by atoms with Crippen LogP contribution in [0.2, 0.25) is 0 Å². The summed E-state index contributed by atoms with van der Waals surface area (Å²) in [4.78, 5) is 5.17. The van der Waals surface area contributed by atoms with Crippen molar-refractivity contribution in [2.45, 2.75) is 24.4 Å². The minimum Gasteiger partial charge on any atom is -0.363 e. The van der Waals surface area contributed by atoms with Crippen LogP contribution in [0.5, 0.6) is 0 Å². The number of sulfonamides is 1. The number of H-pyrrole nitrogens is 1. The van der Waals surface area contributed by atoms with Crippen LogP contribution >= 0.6 is 0 Å². The van der Waals surface area contributed by atoms with Crippen molar-refractivity contribution in [1.82, 2.24) is 19.9 Å². The SMILES string of the molecule is CNCc1cc(S(=O)(=O)NCC(C)N(C)C)c[nH]1. The molecule has 0 amide bonds. The van der Waals surface area contributed by atoms with Gasteiger partial charge in [-0.1, -0.05) is 0 Å². The highest BCUT2D eigenvalue weighted by molar-refractivity contribution is 7.89. The topological polar surface area (TPSA) is 77.2 Å². The number of hydrogen-bond donors (Lipinski definition) is 3. The van der Waals surface area contributed by atoms with Crippen LogP contribution < -0.4 is 10.0 Å². The van der Waals surface area contributed by atoms with Crippen molar-refractivity contribution in [2.75, 3.05) is 27.7 Å². The minimum absolute atomic E-state index is 0.149. The molecule has 0 aliphatic heterocycles. The lowest BCUT2D eigenvalue weighted by atomic mass is 10.3. The number of aromatic amines is 1. The number of likely N-dealkylation sites (N-methyl/N-ethyl adjacent to an activating group) is 1. The van der Waals surface area contributed by atoms with E-state index in [0.29, 0.717) is 13.1 Å². The lowest BCUT2D eigenvalue weighted by molar-refractivity contribution is 0.314. The third kappa shape index (κ3) is 4.09. The second kappa shape index (κ2) is 6.33. The van der Waals surface area contributed by atoms with Crippen molar-refractivity contribution < 1.29 is 8.42 Å². The summed E-state index contributed by atoms with van der Waals surface area (Å²) in [5, 5.41) is 2.96. The van der Waals surface area contributed by atoms with Crippen molar-refractivity contribution in [3.63, 3.8) is 0 Å². The zero-order valence-corrected chi connectivity index (χ0v) is 12.1. The first kappa shape index (κ1) is 15.2. The average Bonchev–Trinajstić information content (AvgIpc) is 2.75. The summed E-state index contributed by atoms with van der Waals surface area (Å²) in [5.41, 5.74) is 0.846. The minimum atomic E-state index is -3.42. The second-order valence-electron chi connectivity index (χ2n) is 4.56. The van der Waals surface area contributed by atoms with Crippen LogP contribution in [0.4, 0.5) is 0 Å². The zero-order valence-electron chi connectivity index (χ0n) is 11.3. The first-order valence-corrected chi connectivity index (χ1v) is 7.33. The van der Waals surface area contributed by atoms with Gasteiger partial charge in [-0.15, -0.1) is 0 Å². The predicted molar refractivity (Wildman–Crippen MR) is 71.9 cm³/mol. The highest BCUT2D eigenvalue weighted by Crippen LogP contribution is 2.10. The van der Waals surface area contributed by atoms with Gasteiger partial charge in [0.1, 0.15) is 0 Å². The van der Waals surface area contributed by atoms with E-state index < -0.39 is 10.0 Å². The molecule has 1 unspecified atom stereocenters. The van der Waals surface area contributed by atoms with Gasteiger partial charge in [0.2, 0.25) is 10.0 Å². The quantitative estimate of drug-likeness (QED) is 0.652. The smallest absolute Gasteiger partial charge is 0.242 e. The molecular weight excluding hydrogens is 252 g/mol. The molecule has 3 N–H and O–H groups in total. The molecule has 7 heteroatoms. The van der Waals surface area contributed by atoms with Crippen LogP contribution in [0.1, 0.15) is 12.6 Å². The molecular formula is C11H22N4O2S. The second-order valence-corrected chi connectivity index (χ2v) is 6.32. The summed E-state index contributed by atoms with van der Waals surface area (Å²) in [6.07, 6.45) is 1.51. The van der Waals surface area contributed by atoms with Crippen molar-refractivity contribution >= 4 is 10.0 Å². The van der Waals surface area contributed by atoms with Crippen molar-refractivity contribution in [3.8, 4) is 0 Å². The Morgan fingerprint density at radius 2 is 2.11 bits per heavy atom. The van der Waals surface area contributed by atoms with Crippen LogP contribution in [-0.2, 0) is 16.6 Å². The fraction of sp³-hybridized carbons (Fsp3) is 0.636. The van der Waals surface area contributed by atoms with Gasteiger partial charge in [-0.25, -0.2) is 13.1 Å². The average molecular weight is 274 g/mol. The fourth-order valence-corrected chi connectivity index (χ4v) is 2.50. The van der Waals surface area contributed by atoms with Crippen LogP contribution in [0.25, 0.3) is 0 Å². The van der Waals surface area contributed by atoms with E-state index in [1.807, 2.05) is 33.0 Å². The molecule has 104 valence electrons.